The summed E-state index contributed by atoms with van der Waals surface area (Å²) in [5, 5.41) is 14.5. The highest BCUT2D eigenvalue weighted by molar-refractivity contribution is 5.80. The van der Waals surface area contributed by atoms with Gasteiger partial charge in [-0.05, 0) is 67.6 Å². The number of carbonyl (C=O) groups excluding carboxylic acids is 6. The van der Waals surface area contributed by atoms with Crippen molar-refractivity contribution in [2.45, 2.75) is 237 Å². The summed E-state index contributed by atoms with van der Waals surface area (Å²) in [5.41, 5.74) is 0. The second kappa shape index (κ2) is 51.4. The fourth-order valence-electron chi connectivity index (χ4n) is 5.12. The van der Waals surface area contributed by atoms with Crippen LogP contribution in [0.3, 0.4) is 0 Å². The van der Waals surface area contributed by atoms with Crippen LogP contribution in [0.25, 0.3) is 0 Å². The molecule has 0 aliphatic rings. The first kappa shape index (κ1) is 77.5. The zero-order chi connectivity index (χ0) is 55.2. The Morgan fingerprint density at radius 1 is 0.261 bits per heavy atom. The van der Waals surface area contributed by atoms with Crippen LogP contribution in [0.15, 0.2) is 0 Å². The van der Waals surface area contributed by atoms with E-state index in [0.29, 0.717) is 23.5 Å². The van der Waals surface area contributed by atoms with Crippen molar-refractivity contribution in [3.05, 3.63) is 0 Å². The topological polar surface area (TPSA) is 163 Å². The number of carbonyl (C=O) groups is 6. The lowest BCUT2D eigenvalue weighted by atomic mass is 9.99. The van der Waals surface area contributed by atoms with E-state index in [4.69, 9.17) is 0 Å². The average molecular weight is 985 g/mol. The Kier molecular flexibility index (Phi) is 57.7. The SMILES string of the molecule is CC(C)CC(=O)C(C)C.CC(C)CCCCCNC(=O)C(C)C.CC(C)CCCCNC(=O)C(C)C.CC(C)CCCNC(=O)C(C)C.CC(C)CCNC(=O)C(C)C.CC(C)CNC(=O)C(C)C. The molecule has 0 unspecified atom stereocenters. The highest BCUT2D eigenvalue weighted by Crippen LogP contribution is 2.09. The fraction of sp³-hybridized carbons (Fsp3) is 0.897. The summed E-state index contributed by atoms with van der Waals surface area (Å²) < 4.78 is 0. The summed E-state index contributed by atoms with van der Waals surface area (Å²) in [7, 11) is 0. The molecule has 0 saturated heterocycles. The maximum atomic E-state index is 11.2. The van der Waals surface area contributed by atoms with Gasteiger partial charge in [0.2, 0.25) is 29.5 Å². The van der Waals surface area contributed by atoms with Gasteiger partial charge in [-0.15, -0.1) is 0 Å². The van der Waals surface area contributed by atoms with Crippen LogP contribution in [0.5, 0.6) is 0 Å². The molecule has 11 heteroatoms. The van der Waals surface area contributed by atoms with Crippen molar-refractivity contribution in [2.24, 2.45) is 71.0 Å². The Hall–Kier alpha value is -2.98. The summed E-state index contributed by atoms with van der Waals surface area (Å²) in [6, 6.07) is 0. The van der Waals surface area contributed by atoms with Gasteiger partial charge < -0.3 is 26.6 Å². The lowest BCUT2D eigenvalue weighted by molar-refractivity contribution is -0.124. The largest absolute Gasteiger partial charge is 0.356 e. The zero-order valence-electron chi connectivity index (χ0n) is 50.2. The number of nitrogens with one attached hydrogen (secondary N) is 5. The highest BCUT2D eigenvalue weighted by atomic mass is 16.2. The van der Waals surface area contributed by atoms with Gasteiger partial charge in [0.25, 0.3) is 0 Å². The molecule has 0 aliphatic heterocycles. The molecule has 0 aromatic rings. The molecule has 0 heterocycles. The number of hydrogen-bond donors (Lipinski definition) is 5. The summed E-state index contributed by atoms with van der Waals surface area (Å²) in [6.45, 7) is 53.1. The lowest BCUT2D eigenvalue weighted by Crippen LogP contribution is -2.30. The molecule has 69 heavy (non-hydrogen) atoms. The van der Waals surface area contributed by atoms with Crippen LogP contribution < -0.4 is 26.6 Å². The standard InChI is InChI=1S/C12H25NO.C11H23NO.C10H21NO.C9H19NO.C8H17NO.C8H16O/c1-10(2)8-6-5-7-9-13-12(14)11(3)4;1-9(2)7-5-6-8-12-11(13)10(3)4;1-8(2)6-5-7-11-10(12)9(3)4;1-7(2)5-6-10-9(11)8(3)4;1-6(2)5-9-8(10)7(3)4;1-6(2)5-8(9)7(3)4/h10-11H,5-9H2,1-4H3,(H,13,14);9-10H,5-8H2,1-4H3,(H,12,13);8-9H,5-7H2,1-4H3,(H,11,12);7-8H,5-6H2,1-4H3,(H,10,11);6-7H,5H2,1-4H3,(H,9,10);6-7H,5H2,1-4H3. The van der Waals surface area contributed by atoms with E-state index in [1.807, 2.05) is 83.1 Å². The number of amides is 5. The number of ketones is 1. The van der Waals surface area contributed by atoms with Crippen molar-refractivity contribution < 1.29 is 28.8 Å². The summed E-state index contributed by atoms with van der Waals surface area (Å²) in [5.74, 6) is 6.03. The third-order valence-electron chi connectivity index (χ3n) is 10.1. The van der Waals surface area contributed by atoms with Gasteiger partial charge in [-0.1, -0.05) is 198 Å². The summed E-state index contributed by atoms with van der Waals surface area (Å²) >= 11 is 0. The summed E-state index contributed by atoms with van der Waals surface area (Å²) in [6.07, 6.45) is 12.6. The van der Waals surface area contributed by atoms with Gasteiger partial charge >= 0.3 is 0 Å². The van der Waals surface area contributed by atoms with E-state index >= 15 is 0 Å². The highest BCUT2D eigenvalue weighted by Gasteiger charge is 2.10. The smallest absolute Gasteiger partial charge is 0.222 e. The van der Waals surface area contributed by atoms with Gasteiger partial charge in [0, 0.05) is 74.7 Å². The lowest BCUT2D eigenvalue weighted by Gasteiger charge is -2.08. The Labute approximate surface area is 429 Å². The number of hydrogen-bond acceptors (Lipinski definition) is 6. The number of rotatable bonds is 28. The van der Waals surface area contributed by atoms with E-state index in [1.54, 1.807) is 0 Å². The predicted octanol–water partition coefficient (Wildman–Crippen LogP) is 13.2. The van der Waals surface area contributed by atoms with Crippen molar-refractivity contribution >= 4 is 35.3 Å². The first-order valence-corrected chi connectivity index (χ1v) is 27.6. The molecule has 0 aromatic heterocycles. The molecule has 0 aromatic carbocycles. The molecule has 0 atom stereocenters. The van der Waals surface area contributed by atoms with Gasteiger partial charge in [0.05, 0.1) is 0 Å². The van der Waals surface area contributed by atoms with Crippen LogP contribution in [-0.4, -0.2) is 68.0 Å². The molecule has 0 radical (unpaired) electrons. The molecule has 414 valence electrons. The van der Waals surface area contributed by atoms with E-state index in [-0.39, 0.29) is 65.0 Å². The first-order chi connectivity index (χ1) is 31.7. The molecule has 0 fully saturated rings. The van der Waals surface area contributed by atoms with Crippen molar-refractivity contribution in [3.63, 3.8) is 0 Å². The van der Waals surface area contributed by atoms with E-state index in [9.17, 15) is 28.8 Å². The Morgan fingerprint density at radius 2 is 0.536 bits per heavy atom. The molecular weight excluding hydrogens is 863 g/mol. The average Bonchev–Trinajstić information content (AvgIpc) is 3.22. The van der Waals surface area contributed by atoms with E-state index in [1.165, 1.54) is 38.5 Å². The molecule has 0 saturated carbocycles. The van der Waals surface area contributed by atoms with Gasteiger partial charge in [-0.3, -0.25) is 28.8 Å². The van der Waals surface area contributed by atoms with Crippen LogP contribution in [0.2, 0.25) is 0 Å². The third kappa shape index (κ3) is 71.7. The van der Waals surface area contributed by atoms with Crippen molar-refractivity contribution in [1.29, 1.82) is 0 Å². The minimum absolute atomic E-state index is 0.110. The Balaban J connectivity index is -0.000000174. The number of unbranched alkanes of at least 4 members (excludes halogenated alkanes) is 3. The fourth-order valence-corrected chi connectivity index (χ4v) is 5.12. The van der Waals surface area contributed by atoms with Crippen LogP contribution in [0, 0.1) is 71.0 Å². The molecule has 11 nitrogen and oxygen atoms in total. The Bertz CT molecular complexity index is 1220. The van der Waals surface area contributed by atoms with Gasteiger partial charge in [0.1, 0.15) is 5.78 Å². The maximum Gasteiger partial charge on any atom is 0.222 e. The van der Waals surface area contributed by atoms with Crippen molar-refractivity contribution in [1.82, 2.24) is 26.6 Å². The van der Waals surface area contributed by atoms with Crippen LogP contribution in [0.1, 0.15) is 237 Å². The molecular formula is C58H121N5O6. The number of Topliss-reactive ketones (excluding diaryl/α,β-unsaturated/α-hetero) is 1. The van der Waals surface area contributed by atoms with Crippen LogP contribution in [0.4, 0.5) is 0 Å². The monoisotopic (exact) mass is 984 g/mol. The first-order valence-electron chi connectivity index (χ1n) is 27.6. The van der Waals surface area contributed by atoms with Gasteiger partial charge in [-0.25, -0.2) is 0 Å². The second-order valence-corrected chi connectivity index (χ2v) is 23.1. The maximum absolute atomic E-state index is 11.2. The molecule has 0 spiro atoms. The normalized spacial score (nSPS) is 10.8. The van der Waals surface area contributed by atoms with Gasteiger partial charge in [-0.2, -0.15) is 0 Å². The molecule has 5 N–H and O–H groups in total. The summed E-state index contributed by atoms with van der Waals surface area (Å²) in [4.78, 5) is 66.3. The quantitative estimate of drug-likeness (QED) is 0.0490. The van der Waals surface area contributed by atoms with Crippen molar-refractivity contribution in [2.75, 3.05) is 32.7 Å². The molecule has 0 aliphatic carbocycles. The molecule has 0 rings (SSSR count). The second-order valence-electron chi connectivity index (χ2n) is 23.1. The molecule has 5 amide bonds. The van der Waals surface area contributed by atoms with Crippen LogP contribution in [-0.2, 0) is 28.8 Å². The van der Waals surface area contributed by atoms with Crippen LogP contribution >= 0.6 is 0 Å². The minimum atomic E-state index is 0.110. The third-order valence-corrected chi connectivity index (χ3v) is 10.1. The molecule has 0 bridgehead atoms. The van der Waals surface area contributed by atoms with E-state index in [2.05, 4.69) is 110 Å². The zero-order valence-corrected chi connectivity index (χ0v) is 50.2. The van der Waals surface area contributed by atoms with Gasteiger partial charge in [0.15, 0.2) is 0 Å². The minimum Gasteiger partial charge on any atom is -0.356 e. The van der Waals surface area contributed by atoms with Crippen molar-refractivity contribution in [3.8, 4) is 0 Å². The predicted molar refractivity (Wildman–Crippen MR) is 299 cm³/mol. The van der Waals surface area contributed by atoms with E-state index in [0.717, 1.165) is 82.6 Å². The Morgan fingerprint density at radius 3 is 0.812 bits per heavy atom. The van der Waals surface area contributed by atoms with E-state index < -0.39 is 0 Å².